The largest absolute Gasteiger partial charge is 0.325 e. The van der Waals surface area contributed by atoms with Gasteiger partial charge in [0.1, 0.15) is 5.82 Å². The first-order valence-corrected chi connectivity index (χ1v) is 11.4. The van der Waals surface area contributed by atoms with Crippen molar-refractivity contribution in [3.05, 3.63) is 71.0 Å². The summed E-state index contributed by atoms with van der Waals surface area (Å²) in [6, 6.07) is 17.4. The minimum Gasteiger partial charge on any atom is -0.325 e. The average Bonchev–Trinajstić information content (AvgIpc) is 3.11. The standard InChI is InChI=1S/C20H21ClN4OS2/c1-2-25-18(13-27-12-15-6-4-3-5-7-15)23-24-20(25)28-14-19(26)22-17-10-8-16(21)9-11-17/h3-11H,2,12-14H2,1H3,(H,22,26). The molecule has 0 aliphatic rings. The number of thioether (sulfide) groups is 2. The Hall–Kier alpha value is -1.96. The fourth-order valence-electron chi connectivity index (χ4n) is 2.55. The molecule has 0 saturated heterocycles. The summed E-state index contributed by atoms with van der Waals surface area (Å²) in [5.41, 5.74) is 2.02. The van der Waals surface area contributed by atoms with Crippen molar-refractivity contribution >= 4 is 46.7 Å². The minimum atomic E-state index is -0.0852. The lowest BCUT2D eigenvalue weighted by molar-refractivity contribution is -0.113. The van der Waals surface area contributed by atoms with Crippen LogP contribution in [0.3, 0.4) is 0 Å². The second kappa shape index (κ2) is 10.5. The van der Waals surface area contributed by atoms with Crippen LogP contribution in [0.1, 0.15) is 18.3 Å². The molecule has 28 heavy (non-hydrogen) atoms. The van der Waals surface area contributed by atoms with Crippen LogP contribution in [-0.4, -0.2) is 26.4 Å². The van der Waals surface area contributed by atoms with Crippen molar-refractivity contribution in [1.29, 1.82) is 0 Å². The van der Waals surface area contributed by atoms with Crippen LogP contribution in [0.5, 0.6) is 0 Å². The predicted molar refractivity (Wildman–Crippen MR) is 118 cm³/mol. The Morgan fingerprint density at radius 1 is 1.07 bits per heavy atom. The molecule has 3 aromatic rings. The minimum absolute atomic E-state index is 0.0852. The molecule has 0 unspecified atom stereocenters. The Kier molecular flexibility index (Phi) is 7.82. The van der Waals surface area contributed by atoms with Crippen molar-refractivity contribution in [3.63, 3.8) is 0 Å². The SMILES string of the molecule is CCn1c(CSCc2ccccc2)nnc1SCC(=O)Nc1ccc(Cl)cc1. The smallest absolute Gasteiger partial charge is 0.234 e. The second-order valence-electron chi connectivity index (χ2n) is 5.97. The third kappa shape index (κ3) is 6.02. The van der Waals surface area contributed by atoms with E-state index in [0.29, 0.717) is 5.02 Å². The number of amides is 1. The molecule has 0 radical (unpaired) electrons. The number of rotatable bonds is 9. The number of hydrogen-bond acceptors (Lipinski definition) is 5. The van der Waals surface area contributed by atoms with Gasteiger partial charge in [0.15, 0.2) is 5.16 Å². The molecule has 1 N–H and O–H groups in total. The highest BCUT2D eigenvalue weighted by Crippen LogP contribution is 2.22. The van der Waals surface area contributed by atoms with Gasteiger partial charge in [0.25, 0.3) is 0 Å². The second-order valence-corrected chi connectivity index (χ2v) is 8.33. The van der Waals surface area contributed by atoms with E-state index in [2.05, 4.69) is 39.1 Å². The first-order chi connectivity index (χ1) is 13.7. The number of nitrogens with one attached hydrogen (secondary N) is 1. The number of hydrogen-bond donors (Lipinski definition) is 1. The molecule has 0 aliphatic carbocycles. The summed E-state index contributed by atoms with van der Waals surface area (Å²) >= 11 is 9.06. The first kappa shape index (κ1) is 20.8. The fourth-order valence-corrected chi connectivity index (χ4v) is 4.42. The molecule has 5 nitrogen and oxygen atoms in total. The predicted octanol–water partition coefficient (Wildman–Crippen LogP) is 5.12. The highest BCUT2D eigenvalue weighted by molar-refractivity contribution is 7.99. The highest BCUT2D eigenvalue weighted by atomic mass is 35.5. The lowest BCUT2D eigenvalue weighted by Gasteiger charge is -2.08. The van der Waals surface area contributed by atoms with Gasteiger partial charge in [-0.15, -0.1) is 22.0 Å². The van der Waals surface area contributed by atoms with Crippen molar-refractivity contribution in [1.82, 2.24) is 14.8 Å². The average molecular weight is 433 g/mol. The van der Waals surface area contributed by atoms with E-state index >= 15 is 0 Å². The summed E-state index contributed by atoms with van der Waals surface area (Å²) in [7, 11) is 0. The summed E-state index contributed by atoms with van der Waals surface area (Å²) in [6.45, 7) is 2.84. The lowest BCUT2D eigenvalue weighted by Crippen LogP contribution is -2.14. The molecule has 1 aromatic heterocycles. The van der Waals surface area contributed by atoms with Crippen molar-refractivity contribution in [2.24, 2.45) is 0 Å². The van der Waals surface area contributed by atoms with Crippen LogP contribution in [0.15, 0.2) is 59.8 Å². The maximum Gasteiger partial charge on any atom is 0.234 e. The summed E-state index contributed by atoms with van der Waals surface area (Å²) in [4.78, 5) is 12.2. The van der Waals surface area contributed by atoms with Gasteiger partial charge in [0, 0.05) is 23.0 Å². The lowest BCUT2D eigenvalue weighted by atomic mass is 10.2. The van der Waals surface area contributed by atoms with Gasteiger partial charge in [-0.2, -0.15) is 0 Å². The van der Waals surface area contributed by atoms with E-state index in [4.69, 9.17) is 11.6 Å². The van der Waals surface area contributed by atoms with Crippen LogP contribution in [0.4, 0.5) is 5.69 Å². The van der Waals surface area contributed by atoms with E-state index in [1.54, 1.807) is 36.0 Å². The Balaban J connectivity index is 1.51. The van der Waals surface area contributed by atoms with Gasteiger partial charge in [-0.1, -0.05) is 53.7 Å². The number of nitrogens with zero attached hydrogens (tertiary/aromatic N) is 3. The molecule has 0 aliphatic heterocycles. The third-order valence-corrected chi connectivity index (χ3v) is 6.13. The van der Waals surface area contributed by atoms with Crippen LogP contribution in [0, 0.1) is 0 Å². The third-order valence-electron chi connectivity index (χ3n) is 3.91. The van der Waals surface area contributed by atoms with E-state index in [1.165, 1.54) is 17.3 Å². The molecule has 0 fully saturated rings. The highest BCUT2D eigenvalue weighted by Gasteiger charge is 2.13. The number of halogens is 1. The molecule has 0 saturated carbocycles. The molecule has 1 heterocycles. The van der Waals surface area contributed by atoms with Crippen molar-refractivity contribution in [3.8, 4) is 0 Å². The molecule has 146 valence electrons. The molecule has 0 atom stereocenters. The molecule has 2 aromatic carbocycles. The number of benzene rings is 2. The zero-order valence-electron chi connectivity index (χ0n) is 15.5. The van der Waals surface area contributed by atoms with E-state index in [0.717, 1.165) is 34.7 Å². The van der Waals surface area contributed by atoms with Gasteiger partial charge in [0.2, 0.25) is 5.91 Å². The Morgan fingerprint density at radius 2 is 1.82 bits per heavy atom. The molecule has 0 spiro atoms. The van der Waals surface area contributed by atoms with E-state index in [-0.39, 0.29) is 11.7 Å². The van der Waals surface area contributed by atoms with Crippen LogP contribution >= 0.6 is 35.1 Å². The van der Waals surface area contributed by atoms with Crippen LogP contribution in [-0.2, 0) is 22.8 Å². The Morgan fingerprint density at radius 3 is 2.54 bits per heavy atom. The molecule has 0 bridgehead atoms. The van der Waals surface area contributed by atoms with Crippen molar-refractivity contribution in [2.45, 2.75) is 30.1 Å². The summed E-state index contributed by atoms with van der Waals surface area (Å²) in [5, 5.41) is 12.8. The van der Waals surface area contributed by atoms with E-state index in [1.807, 2.05) is 18.2 Å². The van der Waals surface area contributed by atoms with Crippen LogP contribution in [0.25, 0.3) is 0 Å². The van der Waals surface area contributed by atoms with Crippen molar-refractivity contribution in [2.75, 3.05) is 11.1 Å². The zero-order chi connectivity index (χ0) is 19.8. The topological polar surface area (TPSA) is 59.8 Å². The maximum absolute atomic E-state index is 12.2. The number of anilines is 1. The van der Waals surface area contributed by atoms with Gasteiger partial charge >= 0.3 is 0 Å². The van der Waals surface area contributed by atoms with Crippen molar-refractivity contribution < 1.29 is 4.79 Å². The van der Waals surface area contributed by atoms with Gasteiger partial charge < -0.3 is 9.88 Å². The zero-order valence-corrected chi connectivity index (χ0v) is 17.9. The van der Waals surface area contributed by atoms with E-state index < -0.39 is 0 Å². The summed E-state index contributed by atoms with van der Waals surface area (Å²) in [5.74, 6) is 2.84. The molecular formula is C20H21ClN4OS2. The normalized spacial score (nSPS) is 10.8. The first-order valence-electron chi connectivity index (χ1n) is 8.87. The number of carbonyl (C=O) groups is 1. The van der Waals surface area contributed by atoms with Crippen LogP contribution < -0.4 is 5.32 Å². The van der Waals surface area contributed by atoms with Gasteiger partial charge in [-0.25, -0.2) is 0 Å². The number of aromatic nitrogens is 3. The quantitative estimate of drug-likeness (QED) is 0.476. The molecule has 8 heteroatoms. The maximum atomic E-state index is 12.2. The molecular weight excluding hydrogens is 412 g/mol. The Bertz CT molecular complexity index is 900. The Labute approximate surface area is 178 Å². The van der Waals surface area contributed by atoms with Crippen LogP contribution in [0.2, 0.25) is 5.02 Å². The molecule has 3 rings (SSSR count). The molecule has 1 amide bonds. The van der Waals surface area contributed by atoms with Gasteiger partial charge in [-0.3, -0.25) is 4.79 Å². The summed E-state index contributed by atoms with van der Waals surface area (Å²) < 4.78 is 2.07. The monoisotopic (exact) mass is 432 g/mol. The van der Waals surface area contributed by atoms with E-state index in [9.17, 15) is 4.79 Å². The number of carbonyl (C=O) groups excluding carboxylic acids is 1. The summed E-state index contributed by atoms with van der Waals surface area (Å²) in [6.07, 6.45) is 0. The fraction of sp³-hybridized carbons (Fsp3) is 0.250. The van der Waals surface area contributed by atoms with Gasteiger partial charge in [-0.05, 0) is 36.8 Å². The van der Waals surface area contributed by atoms with Gasteiger partial charge in [0.05, 0.1) is 11.5 Å².